The van der Waals surface area contributed by atoms with Crippen LogP contribution in [-0.2, 0) is 20.8 Å². The topological polar surface area (TPSA) is 98.5 Å². The quantitative estimate of drug-likeness (QED) is 0.786. The Hall–Kier alpha value is -1.12. The number of rotatable bonds is 4. The van der Waals surface area contributed by atoms with E-state index in [9.17, 15) is 12.6 Å². The van der Waals surface area contributed by atoms with Crippen molar-refractivity contribution in [1.82, 2.24) is 4.72 Å². The second kappa shape index (κ2) is 6.11. The number of nitrogen functional groups attached to an aromatic ring is 1. The average molecular weight is 318 g/mol. The molecule has 1 aliphatic rings. The van der Waals surface area contributed by atoms with E-state index in [1.807, 2.05) is 0 Å². The van der Waals surface area contributed by atoms with E-state index < -0.39 is 20.8 Å². The lowest BCUT2D eigenvalue weighted by Gasteiger charge is -2.23. The molecule has 0 aromatic heterocycles. The van der Waals surface area contributed by atoms with Gasteiger partial charge in [-0.1, -0.05) is 0 Å². The van der Waals surface area contributed by atoms with Crippen LogP contribution in [0.25, 0.3) is 0 Å². The zero-order chi connectivity index (χ0) is 14.8. The molecule has 112 valence electrons. The Labute approximate surface area is 121 Å². The third kappa shape index (κ3) is 3.50. The summed E-state index contributed by atoms with van der Waals surface area (Å²) >= 11 is 0. The summed E-state index contributed by atoms with van der Waals surface area (Å²) < 4.78 is 43.8. The van der Waals surface area contributed by atoms with Gasteiger partial charge in [-0.25, -0.2) is 13.1 Å². The first-order valence-corrected chi connectivity index (χ1v) is 9.20. The van der Waals surface area contributed by atoms with Crippen molar-refractivity contribution in [2.24, 2.45) is 0 Å². The predicted molar refractivity (Wildman–Crippen MR) is 78.6 cm³/mol. The zero-order valence-corrected chi connectivity index (χ0v) is 12.8. The molecular weight excluding hydrogens is 300 g/mol. The molecule has 1 aliphatic heterocycles. The number of ether oxygens (including phenoxy) is 1. The smallest absolute Gasteiger partial charge is 0.244 e. The number of methoxy groups -OCH3 is 1. The Morgan fingerprint density at radius 3 is 2.60 bits per heavy atom. The normalized spacial score (nSPS) is 23.4. The molecule has 20 heavy (non-hydrogen) atoms. The Balaban J connectivity index is 2.22. The molecular formula is C12H18N2O4S2. The van der Waals surface area contributed by atoms with E-state index in [4.69, 9.17) is 10.5 Å². The maximum Gasteiger partial charge on any atom is 0.244 e. The highest BCUT2D eigenvalue weighted by Crippen LogP contribution is 2.26. The fourth-order valence-electron chi connectivity index (χ4n) is 2.10. The van der Waals surface area contributed by atoms with Gasteiger partial charge < -0.3 is 10.5 Å². The molecule has 0 radical (unpaired) electrons. The van der Waals surface area contributed by atoms with Crippen LogP contribution in [0.15, 0.2) is 23.1 Å². The van der Waals surface area contributed by atoms with Gasteiger partial charge in [-0.3, -0.25) is 4.21 Å². The third-order valence-electron chi connectivity index (χ3n) is 3.19. The first kappa shape index (κ1) is 15.3. The van der Waals surface area contributed by atoms with Gasteiger partial charge >= 0.3 is 0 Å². The van der Waals surface area contributed by atoms with Crippen molar-refractivity contribution in [2.75, 3.05) is 24.3 Å². The highest BCUT2D eigenvalue weighted by Gasteiger charge is 2.26. The van der Waals surface area contributed by atoms with Gasteiger partial charge in [0, 0.05) is 34.0 Å². The lowest BCUT2D eigenvalue weighted by atomic mass is 10.2. The van der Waals surface area contributed by atoms with Crippen molar-refractivity contribution in [1.29, 1.82) is 0 Å². The van der Waals surface area contributed by atoms with Gasteiger partial charge in [0.15, 0.2) is 0 Å². The van der Waals surface area contributed by atoms with Crippen LogP contribution in [0.5, 0.6) is 5.75 Å². The number of nitrogens with two attached hydrogens (primary N) is 1. The monoisotopic (exact) mass is 318 g/mol. The lowest BCUT2D eigenvalue weighted by molar-refractivity contribution is 0.402. The van der Waals surface area contributed by atoms with E-state index in [2.05, 4.69) is 4.72 Å². The number of anilines is 1. The molecule has 0 unspecified atom stereocenters. The maximum absolute atomic E-state index is 12.4. The van der Waals surface area contributed by atoms with E-state index in [-0.39, 0.29) is 16.7 Å². The number of benzene rings is 1. The van der Waals surface area contributed by atoms with Gasteiger partial charge in [0.05, 0.1) is 7.11 Å². The van der Waals surface area contributed by atoms with Crippen molar-refractivity contribution in [2.45, 2.75) is 23.8 Å². The number of sulfonamides is 1. The summed E-state index contributed by atoms with van der Waals surface area (Å²) in [4.78, 5) is 0.0340. The molecule has 1 aromatic carbocycles. The van der Waals surface area contributed by atoms with E-state index in [1.54, 1.807) is 6.07 Å². The van der Waals surface area contributed by atoms with Crippen molar-refractivity contribution in [3.05, 3.63) is 18.2 Å². The fourth-order valence-corrected chi connectivity index (χ4v) is 4.91. The van der Waals surface area contributed by atoms with Crippen LogP contribution in [0.2, 0.25) is 0 Å². The van der Waals surface area contributed by atoms with Gasteiger partial charge in [-0.2, -0.15) is 0 Å². The van der Waals surface area contributed by atoms with Crippen LogP contribution in [0.4, 0.5) is 5.69 Å². The molecule has 1 heterocycles. The van der Waals surface area contributed by atoms with Crippen molar-refractivity contribution >= 4 is 26.5 Å². The summed E-state index contributed by atoms with van der Waals surface area (Å²) in [5.41, 5.74) is 6.00. The van der Waals surface area contributed by atoms with E-state index in [0.717, 1.165) is 0 Å². The fraction of sp³-hybridized carbons (Fsp3) is 0.500. The standard InChI is InChI=1S/C12H18N2O4S2/c1-18-11-3-2-9(13)8-12(11)20(16,17)14-10-4-6-19(15)7-5-10/h2-3,8,10,14H,4-7,13H2,1H3. The first-order chi connectivity index (χ1) is 9.42. The second-order valence-electron chi connectivity index (χ2n) is 4.65. The second-order valence-corrected chi connectivity index (χ2v) is 8.03. The molecule has 0 saturated carbocycles. The third-order valence-corrected chi connectivity index (χ3v) is 6.11. The van der Waals surface area contributed by atoms with Gasteiger partial charge in [-0.15, -0.1) is 0 Å². The Bertz CT molecular complexity index is 606. The average Bonchev–Trinajstić information content (AvgIpc) is 2.41. The van der Waals surface area contributed by atoms with Crippen LogP contribution in [-0.4, -0.2) is 37.3 Å². The zero-order valence-electron chi connectivity index (χ0n) is 11.2. The molecule has 6 nitrogen and oxygen atoms in total. The summed E-state index contributed by atoms with van der Waals surface area (Å²) in [5, 5.41) is 0. The van der Waals surface area contributed by atoms with Gasteiger partial charge in [-0.05, 0) is 31.0 Å². The Kier molecular flexibility index (Phi) is 4.66. The van der Waals surface area contributed by atoms with Crippen LogP contribution < -0.4 is 15.2 Å². The molecule has 3 N–H and O–H groups in total. The van der Waals surface area contributed by atoms with Crippen LogP contribution in [0.3, 0.4) is 0 Å². The summed E-state index contributed by atoms with van der Waals surface area (Å²) in [7, 11) is -3.11. The number of hydrogen-bond acceptors (Lipinski definition) is 5. The van der Waals surface area contributed by atoms with Crippen LogP contribution in [0, 0.1) is 0 Å². The van der Waals surface area contributed by atoms with E-state index >= 15 is 0 Å². The number of nitrogens with one attached hydrogen (secondary N) is 1. The number of hydrogen-bond donors (Lipinski definition) is 2. The Morgan fingerprint density at radius 2 is 2.00 bits per heavy atom. The minimum Gasteiger partial charge on any atom is -0.495 e. The molecule has 1 saturated heterocycles. The Morgan fingerprint density at radius 1 is 1.35 bits per heavy atom. The van der Waals surface area contributed by atoms with Gasteiger partial charge in [0.25, 0.3) is 0 Å². The summed E-state index contributed by atoms with van der Waals surface area (Å²) in [5.74, 6) is 1.31. The molecule has 8 heteroatoms. The molecule has 0 bridgehead atoms. The van der Waals surface area contributed by atoms with E-state index in [0.29, 0.717) is 30.0 Å². The van der Waals surface area contributed by atoms with Crippen molar-refractivity contribution in [3.63, 3.8) is 0 Å². The molecule has 0 aliphatic carbocycles. The van der Waals surface area contributed by atoms with Crippen molar-refractivity contribution in [3.8, 4) is 5.75 Å². The summed E-state index contributed by atoms with van der Waals surface area (Å²) in [6.45, 7) is 0. The molecule has 2 rings (SSSR count). The van der Waals surface area contributed by atoms with Gasteiger partial charge in [0.2, 0.25) is 10.0 Å². The lowest BCUT2D eigenvalue weighted by Crippen LogP contribution is -2.39. The highest BCUT2D eigenvalue weighted by molar-refractivity contribution is 7.89. The molecule has 1 fully saturated rings. The maximum atomic E-state index is 12.4. The largest absolute Gasteiger partial charge is 0.495 e. The summed E-state index contributed by atoms with van der Waals surface area (Å²) in [6, 6.07) is 4.30. The van der Waals surface area contributed by atoms with Gasteiger partial charge in [0.1, 0.15) is 10.6 Å². The minimum atomic E-state index is -3.70. The minimum absolute atomic E-state index is 0.0340. The highest BCUT2D eigenvalue weighted by atomic mass is 32.2. The molecule has 0 amide bonds. The van der Waals surface area contributed by atoms with Crippen molar-refractivity contribution < 1.29 is 17.4 Å². The summed E-state index contributed by atoms with van der Waals surface area (Å²) in [6.07, 6.45) is 1.16. The molecule has 0 atom stereocenters. The van der Waals surface area contributed by atoms with Crippen LogP contribution >= 0.6 is 0 Å². The SMILES string of the molecule is COc1ccc(N)cc1S(=O)(=O)NC1CCS(=O)CC1. The molecule has 1 aromatic rings. The van der Waals surface area contributed by atoms with Crippen LogP contribution in [0.1, 0.15) is 12.8 Å². The predicted octanol–water partition coefficient (Wildman–Crippen LogP) is 0.467. The van der Waals surface area contributed by atoms with E-state index in [1.165, 1.54) is 19.2 Å². The molecule has 0 spiro atoms. The first-order valence-electron chi connectivity index (χ1n) is 6.23.